The predicted octanol–water partition coefficient (Wildman–Crippen LogP) is 3.29. The standard InChI is InChI=1S/C16H27NO4/c1-6-13(14(18)20-7-2)12-8-10-17(11-9-12)15(19)21-16(3,4)5/h6-11H2,1-5H3. The fourth-order valence-electron chi connectivity index (χ4n) is 2.34. The Hall–Kier alpha value is -1.52. The molecule has 0 aliphatic carbocycles. The monoisotopic (exact) mass is 297 g/mol. The first kappa shape index (κ1) is 17.5. The maximum absolute atomic E-state index is 12.0. The van der Waals surface area contributed by atoms with Crippen molar-refractivity contribution in [3.05, 3.63) is 11.1 Å². The molecule has 0 atom stereocenters. The molecule has 0 saturated carbocycles. The van der Waals surface area contributed by atoms with E-state index in [0.29, 0.717) is 39.0 Å². The van der Waals surface area contributed by atoms with Gasteiger partial charge in [-0.25, -0.2) is 9.59 Å². The Balaban J connectivity index is 2.65. The number of carbonyl (C=O) groups excluding carboxylic acids is 2. The van der Waals surface area contributed by atoms with Gasteiger partial charge in [-0.3, -0.25) is 0 Å². The summed E-state index contributed by atoms with van der Waals surface area (Å²) >= 11 is 0. The lowest BCUT2D eigenvalue weighted by atomic mass is 9.96. The summed E-state index contributed by atoms with van der Waals surface area (Å²) in [5.41, 5.74) is 1.39. The molecule has 0 bridgehead atoms. The van der Waals surface area contributed by atoms with Crippen molar-refractivity contribution >= 4 is 12.1 Å². The van der Waals surface area contributed by atoms with E-state index in [1.807, 2.05) is 27.7 Å². The highest BCUT2D eigenvalue weighted by Gasteiger charge is 2.26. The number of likely N-dealkylation sites (tertiary alicyclic amines) is 1. The highest BCUT2D eigenvalue weighted by atomic mass is 16.6. The topological polar surface area (TPSA) is 55.8 Å². The Labute approximate surface area is 127 Å². The van der Waals surface area contributed by atoms with Crippen LogP contribution in [-0.2, 0) is 14.3 Å². The lowest BCUT2D eigenvalue weighted by Gasteiger charge is -2.31. The van der Waals surface area contributed by atoms with Crippen LogP contribution in [0.15, 0.2) is 11.1 Å². The lowest BCUT2D eigenvalue weighted by molar-refractivity contribution is -0.138. The molecule has 5 nitrogen and oxygen atoms in total. The smallest absolute Gasteiger partial charge is 0.410 e. The van der Waals surface area contributed by atoms with E-state index in [0.717, 1.165) is 11.1 Å². The van der Waals surface area contributed by atoms with Crippen LogP contribution in [0, 0.1) is 0 Å². The number of ether oxygens (including phenoxy) is 2. The van der Waals surface area contributed by atoms with E-state index in [4.69, 9.17) is 9.47 Å². The predicted molar refractivity (Wildman–Crippen MR) is 81.0 cm³/mol. The molecular formula is C16H27NO4. The van der Waals surface area contributed by atoms with Crippen molar-refractivity contribution < 1.29 is 19.1 Å². The Kier molecular flexibility index (Phi) is 6.24. The van der Waals surface area contributed by atoms with Crippen LogP contribution in [0.1, 0.15) is 53.9 Å². The van der Waals surface area contributed by atoms with Crippen LogP contribution in [0.4, 0.5) is 4.79 Å². The first-order chi connectivity index (χ1) is 9.78. The lowest BCUT2D eigenvalue weighted by Crippen LogP contribution is -2.40. The van der Waals surface area contributed by atoms with Gasteiger partial charge in [0.1, 0.15) is 5.60 Å². The fraction of sp³-hybridized carbons (Fsp3) is 0.750. The number of piperidine rings is 1. The number of amides is 1. The average Bonchev–Trinajstić information content (AvgIpc) is 2.38. The molecule has 0 spiro atoms. The van der Waals surface area contributed by atoms with Crippen LogP contribution >= 0.6 is 0 Å². The normalized spacial score (nSPS) is 15.7. The molecule has 0 unspecified atom stereocenters. The summed E-state index contributed by atoms with van der Waals surface area (Å²) in [4.78, 5) is 25.6. The molecule has 0 radical (unpaired) electrons. The van der Waals surface area contributed by atoms with Gasteiger partial charge in [0.15, 0.2) is 0 Å². The molecule has 1 aliphatic heterocycles. The fourth-order valence-corrected chi connectivity index (χ4v) is 2.34. The van der Waals surface area contributed by atoms with Crippen LogP contribution in [0.5, 0.6) is 0 Å². The molecule has 1 saturated heterocycles. The highest BCUT2D eigenvalue weighted by Crippen LogP contribution is 2.24. The van der Waals surface area contributed by atoms with E-state index >= 15 is 0 Å². The van der Waals surface area contributed by atoms with Crippen molar-refractivity contribution in [1.29, 1.82) is 0 Å². The van der Waals surface area contributed by atoms with Crippen molar-refractivity contribution in [3.8, 4) is 0 Å². The average molecular weight is 297 g/mol. The van der Waals surface area contributed by atoms with Gasteiger partial charge in [0.2, 0.25) is 0 Å². The highest BCUT2D eigenvalue weighted by molar-refractivity contribution is 5.89. The number of esters is 1. The van der Waals surface area contributed by atoms with Gasteiger partial charge in [0.05, 0.1) is 6.61 Å². The molecule has 0 N–H and O–H groups in total. The van der Waals surface area contributed by atoms with Gasteiger partial charge in [-0.2, -0.15) is 0 Å². The van der Waals surface area contributed by atoms with E-state index in [1.165, 1.54) is 0 Å². The SMILES string of the molecule is CCOC(=O)C(CC)=C1CCN(C(=O)OC(C)(C)C)CC1. The zero-order valence-corrected chi connectivity index (χ0v) is 13.8. The minimum Gasteiger partial charge on any atom is -0.463 e. The zero-order chi connectivity index (χ0) is 16.0. The summed E-state index contributed by atoms with van der Waals surface area (Å²) in [5.74, 6) is -0.222. The number of hydrogen-bond acceptors (Lipinski definition) is 4. The van der Waals surface area contributed by atoms with Crippen molar-refractivity contribution in [2.45, 2.75) is 59.5 Å². The van der Waals surface area contributed by atoms with Crippen molar-refractivity contribution in [2.24, 2.45) is 0 Å². The molecular weight excluding hydrogens is 270 g/mol. The number of nitrogens with zero attached hydrogens (tertiary/aromatic N) is 1. The molecule has 1 rings (SSSR count). The van der Waals surface area contributed by atoms with Gasteiger partial charge in [0, 0.05) is 18.7 Å². The first-order valence-electron chi connectivity index (χ1n) is 7.64. The Bertz CT molecular complexity index is 410. The molecule has 0 aromatic carbocycles. The van der Waals surface area contributed by atoms with Gasteiger partial charge in [-0.1, -0.05) is 12.5 Å². The third-order valence-corrected chi connectivity index (χ3v) is 3.32. The summed E-state index contributed by atoms with van der Waals surface area (Å²) in [6.45, 7) is 10.9. The van der Waals surface area contributed by atoms with Crippen LogP contribution in [0.2, 0.25) is 0 Å². The summed E-state index contributed by atoms with van der Waals surface area (Å²) in [5, 5.41) is 0. The Morgan fingerprint density at radius 3 is 2.14 bits per heavy atom. The van der Waals surface area contributed by atoms with Crippen LogP contribution in [0.3, 0.4) is 0 Å². The van der Waals surface area contributed by atoms with E-state index in [2.05, 4.69) is 0 Å². The van der Waals surface area contributed by atoms with E-state index in [9.17, 15) is 9.59 Å². The molecule has 0 aromatic heterocycles. The number of rotatable bonds is 3. The van der Waals surface area contributed by atoms with Crippen LogP contribution in [-0.4, -0.2) is 42.3 Å². The summed E-state index contributed by atoms with van der Waals surface area (Å²) in [6.07, 6.45) is 1.80. The molecule has 21 heavy (non-hydrogen) atoms. The third kappa shape index (κ3) is 5.40. The van der Waals surface area contributed by atoms with Crippen LogP contribution < -0.4 is 0 Å². The molecule has 1 aliphatic rings. The molecule has 1 fully saturated rings. The van der Waals surface area contributed by atoms with Gasteiger partial charge in [-0.15, -0.1) is 0 Å². The quantitative estimate of drug-likeness (QED) is 0.592. The van der Waals surface area contributed by atoms with E-state index < -0.39 is 5.60 Å². The number of carbonyl (C=O) groups is 2. The Morgan fingerprint density at radius 2 is 1.71 bits per heavy atom. The zero-order valence-electron chi connectivity index (χ0n) is 13.8. The second-order valence-electron chi connectivity index (χ2n) is 6.12. The number of hydrogen-bond donors (Lipinski definition) is 0. The summed E-state index contributed by atoms with van der Waals surface area (Å²) < 4.78 is 10.5. The molecule has 5 heteroatoms. The maximum Gasteiger partial charge on any atom is 0.410 e. The van der Waals surface area contributed by atoms with E-state index in [-0.39, 0.29) is 12.1 Å². The second-order valence-corrected chi connectivity index (χ2v) is 6.12. The van der Waals surface area contributed by atoms with Crippen LogP contribution in [0.25, 0.3) is 0 Å². The largest absolute Gasteiger partial charge is 0.463 e. The third-order valence-electron chi connectivity index (χ3n) is 3.32. The Morgan fingerprint density at radius 1 is 1.14 bits per heavy atom. The summed E-state index contributed by atoms with van der Waals surface area (Å²) in [6, 6.07) is 0. The van der Waals surface area contributed by atoms with Gasteiger partial charge < -0.3 is 14.4 Å². The maximum atomic E-state index is 12.0. The molecule has 120 valence electrons. The summed E-state index contributed by atoms with van der Waals surface area (Å²) in [7, 11) is 0. The van der Waals surface area contributed by atoms with Crippen molar-refractivity contribution in [3.63, 3.8) is 0 Å². The molecule has 1 heterocycles. The molecule has 1 amide bonds. The van der Waals surface area contributed by atoms with Gasteiger partial charge in [0.25, 0.3) is 0 Å². The first-order valence-corrected chi connectivity index (χ1v) is 7.64. The van der Waals surface area contributed by atoms with Gasteiger partial charge >= 0.3 is 12.1 Å². The molecule has 0 aromatic rings. The minimum absolute atomic E-state index is 0.222. The second kappa shape index (κ2) is 7.48. The van der Waals surface area contributed by atoms with E-state index in [1.54, 1.807) is 11.8 Å². The van der Waals surface area contributed by atoms with Crippen molar-refractivity contribution in [2.75, 3.05) is 19.7 Å². The minimum atomic E-state index is -0.479. The van der Waals surface area contributed by atoms with Crippen molar-refractivity contribution in [1.82, 2.24) is 4.90 Å². The van der Waals surface area contributed by atoms with Gasteiger partial charge in [-0.05, 0) is 47.0 Å².